The molecule has 0 spiro atoms. The van der Waals surface area contributed by atoms with Gasteiger partial charge in [-0.15, -0.1) is 0 Å². The van der Waals surface area contributed by atoms with E-state index in [1.807, 2.05) is 0 Å². The summed E-state index contributed by atoms with van der Waals surface area (Å²) in [4.78, 5) is 5.16. The third kappa shape index (κ3) is 4.43. The number of hydrogen-bond acceptors (Lipinski definition) is 3. The predicted molar refractivity (Wildman–Crippen MR) is 91.7 cm³/mol. The van der Waals surface area contributed by atoms with E-state index in [1.54, 1.807) is 0 Å². The molecule has 0 amide bonds. The van der Waals surface area contributed by atoms with E-state index in [1.165, 1.54) is 51.7 Å². The molecule has 3 unspecified atom stereocenters. The van der Waals surface area contributed by atoms with Crippen molar-refractivity contribution in [2.45, 2.75) is 65.0 Å². The zero-order chi connectivity index (χ0) is 15.5. The number of nitrogens with one attached hydrogen (secondary N) is 1. The Kier molecular flexibility index (Phi) is 6.10. The maximum absolute atomic E-state index is 3.80. The molecule has 2 aliphatic rings. The molecule has 2 rings (SSSR count). The van der Waals surface area contributed by atoms with Crippen molar-refractivity contribution >= 4 is 0 Å². The second-order valence-electron chi connectivity index (χ2n) is 8.17. The minimum Gasteiger partial charge on any atom is -0.313 e. The SMILES string of the molecule is CCNC1C(CN(C)C2CCCN(C)C2)CCCC1(C)C. The van der Waals surface area contributed by atoms with Crippen molar-refractivity contribution in [2.24, 2.45) is 11.3 Å². The smallest absolute Gasteiger partial charge is 0.0220 e. The van der Waals surface area contributed by atoms with E-state index in [-0.39, 0.29) is 0 Å². The Morgan fingerprint density at radius 2 is 2.00 bits per heavy atom. The lowest BCUT2D eigenvalue weighted by atomic mass is 9.67. The molecule has 1 N–H and O–H groups in total. The molecule has 1 saturated carbocycles. The van der Waals surface area contributed by atoms with Crippen LogP contribution in [0.15, 0.2) is 0 Å². The number of nitrogens with zero attached hydrogens (tertiary/aromatic N) is 2. The Bertz CT molecular complexity index is 316. The van der Waals surface area contributed by atoms with Gasteiger partial charge in [-0.25, -0.2) is 0 Å². The molecule has 3 atom stereocenters. The first-order valence-electron chi connectivity index (χ1n) is 9.06. The van der Waals surface area contributed by atoms with E-state index >= 15 is 0 Å². The summed E-state index contributed by atoms with van der Waals surface area (Å²) in [6, 6.07) is 1.44. The molecule has 1 aliphatic heterocycles. The topological polar surface area (TPSA) is 18.5 Å². The Morgan fingerprint density at radius 3 is 2.67 bits per heavy atom. The molecule has 2 fully saturated rings. The van der Waals surface area contributed by atoms with Crippen molar-refractivity contribution in [3.63, 3.8) is 0 Å². The zero-order valence-corrected chi connectivity index (χ0v) is 15.0. The van der Waals surface area contributed by atoms with Gasteiger partial charge in [0.25, 0.3) is 0 Å². The van der Waals surface area contributed by atoms with Crippen molar-refractivity contribution < 1.29 is 0 Å². The van der Waals surface area contributed by atoms with E-state index in [2.05, 4.69) is 50.0 Å². The third-order valence-electron chi connectivity index (χ3n) is 5.88. The Labute approximate surface area is 132 Å². The van der Waals surface area contributed by atoms with Crippen molar-refractivity contribution in [1.29, 1.82) is 0 Å². The van der Waals surface area contributed by atoms with Crippen LogP contribution < -0.4 is 5.32 Å². The third-order valence-corrected chi connectivity index (χ3v) is 5.88. The molecule has 0 aromatic heterocycles. The Hall–Kier alpha value is -0.120. The van der Waals surface area contributed by atoms with Crippen molar-refractivity contribution in [3.8, 4) is 0 Å². The second-order valence-corrected chi connectivity index (χ2v) is 8.17. The van der Waals surface area contributed by atoms with Gasteiger partial charge in [-0.05, 0) is 64.2 Å². The fourth-order valence-electron chi connectivity index (χ4n) is 4.66. The van der Waals surface area contributed by atoms with E-state index in [0.717, 1.165) is 18.5 Å². The van der Waals surface area contributed by atoms with Crippen LogP contribution in [0, 0.1) is 11.3 Å². The van der Waals surface area contributed by atoms with Gasteiger partial charge in [0.2, 0.25) is 0 Å². The largest absolute Gasteiger partial charge is 0.313 e. The molecule has 0 aromatic rings. The summed E-state index contributed by atoms with van der Waals surface area (Å²) in [5.74, 6) is 0.811. The van der Waals surface area contributed by atoms with E-state index in [4.69, 9.17) is 0 Å². The lowest BCUT2D eigenvalue weighted by Crippen LogP contribution is -2.54. The van der Waals surface area contributed by atoms with Crippen LogP contribution in [0.25, 0.3) is 0 Å². The van der Waals surface area contributed by atoms with Gasteiger partial charge in [0, 0.05) is 25.2 Å². The van der Waals surface area contributed by atoms with Crippen LogP contribution in [-0.4, -0.2) is 62.2 Å². The van der Waals surface area contributed by atoms with Crippen LogP contribution in [0.3, 0.4) is 0 Å². The summed E-state index contributed by atoms with van der Waals surface area (Å²) in [6.45, 7) is 12.1. The van der Waals surface area contributed by atoms with Crippen molar-refractivity contribution in [1.82, 2.24) is 15.1 Å². The number of piperidine rings is 1. The van der Waals surface area contributed by atoms with Gasteiger partial charge in [0.15, 0.2) is 0 Å². The molecule has 3 heteroatoms. The average Bonchev–Trinajstić information content (AvgIpc) is 2.42. The molecule has 0 bridgehead atoms. The predicted octanol–water partition coefficient (Wildman–Crippen LogP) is 2.82. The molecule has 124 valence electrons. The lowest BCUT2D eigenvalue weighted by molar-refractivity contribution is 0.0592. The molecule has 0 radical (unpaired) electrons. The van der Waals surface area contributed by atoms with Crippen molar-refractivity contribution in [3.05, 3.63) is 0 Å². The fraction of sp³-hybridized carbons (Fsp3) is 1.00. The normalized spacial score (nSPS) is 34.3. The van der Waals surface area contributed by atoms with E-state index < -0.39 is 0 Å². The molecule has 1 heterocycles. The van der Waals surface area contributed by atoms with Crippen LogP contribution in [-0.2, 0) is 0 Å². The minimum absolute atomic E-state index is 0.448. The van der Waals surface area contributed by atoms with Gasteiger partial charge in [0.05, 0.1) is 0 Å². The van der Waals surface area contributed by atoms with Gasteiger partial charge >= 0.3 is 0 Å². The standard InChI is InChI=1S/C18H37N3/c1-6-19-17-15(9-7-11-18(17,2)3)13-21(5)16-10-8-12-20(4)14-16/h15-17,19H,6-14H2,1-5H3. The Morgan fingerprint density at radius 1 is 1.24 bits per heavy atom. The van der Waals surface area contributed by atoms with E-state index in [0.29, 0.717) is 11.5 Å². The van der Waals surface area contributed by atoms with Crippen LogP contribution in [0.5, 0.6) is 0 Å². The molecule has 21 heavy (non-hydrogen) atoms. The number of hydrogen-bond donors (Lipinski definition) is 1. The average molecular weight is 296 g/mol. The Balaban J connectivity index is 1.95. The molecular weight excluding hydrogens is 258 g/mol. The zero-order valence-electron chi connectivity index (χ0n) is 15.0. The maximum atomic E-state index is 3.80. The second kappa shape index (κ2) is 7.43. The summed E-state index contributed by atoms with van der Waals surface area (Å²) in [7, 11) is 4.62. The van der Waals surface area contributed by atoms with Gasteiger partial charge in [-0.3, -0.25) is 0 Å². The molecular formula is C18H37N3. The number of rotatable bonds is 5. The summed E-state index contributed by atoms with van der Waals surface area (Å²) in [6.07, 6.45) is 6.91. The summed E-state index contributed by atoms with van der Waals surface area (Å²) < 4.78 is 0. The van der Waals surface area contributed by atoms with Gasteiger partial charge in [-0.2, -0.15) is 0 Å². The quantitative estimate of drug-likeness (QED) is 0.841. The summed E-state index contributed by atoms with van der Waals surface area (Å²) in [5, 5.41) is 3.80. The van der Waals surface area contributed by atoms with E-state index in [9.17, 15) is 0 Å². The maximum Gasteiger partial charge on any atom is 0.0220 e. The molecule has 3 nitrogen and oxygen atoms in total. The van der Waals surface area contributed by atoms with Gasteiger partial charge < -0.3 is 15.1 Å². The highest BCUT2D eigenvalue weighted by Gasteiger charge is 2.39. The van der Waals surface area contributed by atoms with Crippen LogP contribution >= 0.6 is 0 Å². The fourth-order valence-corrected chi connectivity index (χ4v) is 4.66. The van der Waals surface area contributed by atoms with Gasteiger partial charge in [0.1, 0.15) is 0 Å². The molecule has 1 saturated heterocycles. The highest BCUT2D eigenvalue weighted by Crippen LogP contribution is 2.39. The first-order valence-corrected chi connectivity index (χ1v) is 9.06. The summed E-state index contributed by atoms with van der Waals surface area (Å²) in [5.41, 5.74) is 0.448. The first-order chi connectivity index (χ1) is 9.94. The first kappa shape index (κ1) is 17.2. The highest BCUT2D eigenvalue weighted by atomic mass is 15.2. The summed E-state index contributed by atoms with van der Waals surface area (Å²) >= 11 is 0. The monoisotopic (exact) mass is 295 g/mol. The number of likely N-dealkylation sites (N-methyl/N-ethyl adjacent to an activating group) is 2. The lowest BCUT2D eigenvalue weighted by Gasteiger charge is -2.47. The minimum atomic E-state index is 0.448. The molecule has 1 aliphatic carbocycles. The highest BCUT2D eigenvalue weighted by molar-refractivity contribution is 4.94. The van der Waals surface area contributed by atoms with Crippen LogP contribution in [0.1, 0.15) is 52.9 Å². The molecule has 0 aromatic carbocycles. The number of likely N-dealkylation sites (tertiary alicyclic amines) is 1. The van der Waals surface area contributed by atoms with Crippen LogP contribution in [0.2, 0.25) is 0 Å². The van der Waals surface area contributed by atoms with Gasteiger partial charge in [-0.1, -0.05) is 27.2 Å². The van der Waals surface area contributed by atoms with Crippen molar-refractivity contribution in [2.75, 3.05) is 40.3 Å². The van der Waals surface area contributed by atoms with Crippen LogP contribution in [0.4, 0.5) is 0 Å².